The number of nitriles is 1. The summed E-state index contributed by atoms with van der Waals surface area (Å²) < 4.78 is 0. The van der Waals surface area contributed by atoms with Gasteiger partial charge >= 0.3 is 0 Å². The van der Waals surface area contributed by atoms with Crippen molar-refractivity contribution in [3.63, 3.8) is 0 Å². The molecular weight excluding hydrogens is 190 g/mol. The second-order valence-corrected chi connectivity index (χ2v) is 3.16. The van der Waals surface area contributed by atoms with Gasteiger partial charge in [-0.05, 0) is 12.1 Å². The smallest absolute Gasteiger partial charge is 0.133 e. The summed E-state index contributed by atoms with van der Waals surface area (Å²) in [5, 5.41) is 8.83. The number of anilines is 3. The summed E-state index contributed by atoms with van der Waals surface area (Å²) in [6, 6.07) is 5.23. The topological polar surface area (TPSA) is 115 Å². The number of fused-ring (bicyclic) bond motifs is 1. The van der Waals surface area contributed by atoms with Crippen LogP contribution in [0.1, 0.15) is 5.56 Å². The molecule has 0 amide bonds. The lowest BCUT2D eigenvalue weighted by molar-refractivity contribution is 1.38. The number of hydrogen-bond acceptors (Lipinski definition) is 5. The molecule has 0 aromatic heterocycles. The zero-order valence-corrected chi connectivity index (χ0v) is 7.86. The van der Waals surface area contributed by atoms with Gasteiger partial charge in [0.2, 0.25) is 0 Å². The van der Waals surface area contributed by atoms with Crippen molar-refractivity contribution in [3.05, 3.63) is 23.9 Å². The Hall–Kier alpha value is -2.48. The van der Waals surface area contributed by atoms with E-state index in [1.807, 2.05) is 6.07 Å². The number of hydrogen-bond donors (Lipinski definition) is 3. The lowest BCUT2D eigenvalue weighted by Crippen LogP contribution is -1.94. The molecule has 0 radical (unpaired) electrons. The fourth-order valence-electron chi connectivity index (χ4n) is 1.52. The van der Waals surface area contributed by atoms with Gasteiger partial charge in [-0.25, -0.2) is 4.98 Å². The molecule has 15 heavy (non-hydrogen) atoms. The van der Waals surface area contributed by atoms with Gasteiger partial charge in [-0.1, -0.05) is 0 Å². The van der Waals surface area contributed by atoms with Crippen LogP contribution in [0.15, 0.2) is 18.3 Å². The molecule has 5 heteroatoms. The van der Waals surface area contributed by atoms with E-state index in [1.54, 1.807) is 12.1 Å². The number of nitrogens with two attached hydrogens (primary N) is 3. The molecule has 1 aliphatic carbocycles. The van der Waals surface area contributed by atoms with Crippen LogP contribution in [0, 0.1) is 11.3 Å². The maximum Gasteiger partial charge on any atom is 0.133 e. The molecule has 1 heterocycles. The lowest BCUT2D eigenvalue weighted by atomic mass is 10.1. The fraction of sp³-hybridized carbons (Fsp3) is 0. The molecule has 1 aliphatic heterocycles. The minimum absolute atomic E-state index is 0.278. The molecule has 0 atom stereocenters. The monoisotopic (exact) mass is 199 g/mol. The Morgan fingerprint density at radius 1 is 1.27 bits per heavy atom. The van der Waals surface area contributed by atoms with E-state index in [-0.39, 0.29) is 5.82 Å². The summed E-state index contributed by atoms with van der Waals surface area (Å²) in [7, 11) is 0. The van der Waals surface area contributed by atoms with Gasteiger partial charge < -0.3 is 17.2 Å². The third-order valence-electron chi connectivity index (χ3n) is 2.27. The first-order valence-electron chi connectivity index (χ1n) is 4.27. The average Bonchev–Trinajstić information content (AvgIpc) is 2.47. The van der Waals surface area contributed by atoms with Crippen LogP contribution in [0.3, 0.4) is 0 Å². The number of nitrogens with zero attached hydrogens (tertiary/aromatic N) is 2. The first kappa shape index (κ1) is 9.09. The molecule has 5 nitrogen and oxygen atoms in total. The molecule has 0 fully saturated rings. The zero-order valence-electron chi connectivity index (χ0n) is 7.86. The van der Waals surface area contributed by atoms with Crippen LogP contribution in [0.5, 0.6) is 0 Å². The SMILES string of the molecule is N#Cc1cc2c(N)ccnc(N)c-2c1N. The first-order valence-corrected chi connectivity index (χ1v) is 4.27. The Balaban J connectivity index is 2.92. The van der Waals surface area contributed by atoms with Crippen molar-refractivity contribution in [1.82, 2.24) is 4.98 Å². The van der Waals surface area contributed by atoms with Gasteiger partial charge in [-0.3, -0.25) is 0 Å². The predicted molar refractivity (Wildman–Crippen MR) is 58.8 cm³/mol. The van der Waals surface area contributed by atoms with Gasteiger partial charge in [0.05, 0.1) is 16.8 Å². The summed E-state index contributed by atoms with van der Waals surface area (Å²) in [4.78, 5) is 3.95. The van der Waals surface area contributed by atoms with E-state index in [9.17, 15) is 0 Å². The fourth-order valence-corrected chi connectivity index (χ4v) is 1.52. The molecule has 2 rings (SSSR count). The Bertz CT molecular complexity index is 541. The third-order valence-corrected chi connectivity index (χ3v) is 2.27. The van der Waals surface area contributed by atoms with Crippen molar-refractivity contribution in [2.24, 2.45) is 0 Å². The van der Waals surface area contributed by atoms with E-state index >= 15 is 0 Å². The molecule has 0 unspecified atom stereocenters. The molecule has 0 aromatic rings. The predicted octanol–water partition coefficient (Wildman–Crippen LogP) is 0.805. The normalized spacial score (nSPS) is 10.1. The zero-order chi connectivity index (χ0) is 11.0. The Morgan fingerprint density at radius 3 is 2.67 bits per heavy atom. The molecular formula is C10H9N5. The van der Waals surface area contributed by atoms with E-state index in [4.69, 9.17) is 22.5 Å². The molecule has 2 aliphatic rings. The molecule has 0 saturated heterocycles. The average molecular weight is 199 g/mol. The van der Waals surface area contributed by atoms with Gasteiger partial charge in [-0.15, -0.1) is 0 Å². The van der Waals surface area contributed by atoms with Crippen LogP contribution in [0.4, 0.5) is 17.2 Å². The van der Waals surface area contributed by atoms with Crippen molar-refractivity contribution < 1.29 is 0 Å². The summed E-state index contributed by atoms with van der Waals surface area (Å²) >= 11 is 0. The Morgan fingerprint density at radius 2 is 2.00 bits per heavy atom. The third kappa shape index (κ3) is 1.20. The highest BCUT2D eigenvalue weighted by molar-refractivity contribution is 5.96. The molecule has 74 valence electrons. The first-order chi connectivity index (χ1) is 7.15. The van der Waals surface area contributed by atoms with Crippen LogP contribution >= 0.6 is 0 Å². The number of rotatable bonds is 0. The van der Waals surface area contributed by atoms with E-state index in [2.05, 4.69) is 4.98 Å². The van der Waals surface area contributed by atoms with Crippen LogP contribution in [0.25, 0.3) is 11.1 Å². The lowest BCUT2D eigenvalue weighted by Gasteiger charge is -1.99. The number of nitrogen functional groups attached to an aromatic ring is 3. The number of aromatic nitrogens is 1. The maximum absolute atomic E-state index is 8.83. The highest BCUT2D eigenvalue weighted by Gasteiger charge is 2.18. The molecule has 0 saturated carbocycles. The van der Waals surface area contributed by atoms with Crippen LogP contribution < -0.4 is 17.2 Å². The van der Waals surface area contributed by atoms with Crippen molar-refractivity contribution in [3.8, 4) is 17.2 Å². The van der Waals surface area contributed by atoms with Crippen LogP contribution in [0.2, 0.25) is 0 Å². The minimum Gasteiger partial charge on any atom is -0.398 e. The summed E-state index contributed by atoms with van der Waals surface area (Å²) in [5.41, 5.74) is 19.7. The van der Waals surface area contributed by atoms with Gasteiger partial charge in [0.1, 0.15) is 11.9 Å². The van der Waals surface area contributed by atoms with Gasteiger partial charge in [0, 0.05) is 17.4 Å². The molecule has 0 bridgehead atoms. The molecule has 0 aromatic carbocycles. The van der Waals surface area contributed by atoms with E-state index < -0.39 is 0 Å². The van der Waals surface area contributed by atoms with Crippen LogP contribution in [-0.2, 0) is 0 Å². The van der Waals surface area contributed by atoms with Crippen molar-refractivity contribution >= 4 is 17.2 Å². The minimum atomic E-state index is 0.278. The van der Waals surface area contributed by atoms with E-state index in [0.29, 0.717) is 28.1 Å². The highest BCUT2D eigenvalue weighted by atomic mass is 14.8. The van der Waals surface area contributed by atoms with Crippen molar-refractivity contribution in [2.45, 2.75) is 0 Å². The van der Waals surface area contributed by atoms with Crippen molar-refractivity contribution in [1.29, 1.82) is 5.26 Å². The summed E-state index contributed by atoms with van der Waals surface area (Å²) in [6.45, 7) is 0. The second-order valence-electron chi connectivity index (χ2n) is 3.16. The van der Waals surface area contributed by atoms with Gasteiger partial charge in [0.25, 0.3) is 0 Å². The largest absolute Gasteiger partial charge is 0.398 e. The maximum atomic E-state index is 8.83. The van der Waals surface area contributed by atoms with Gasteiger partial charge in [-0.2, -0.15) is 5.26 Å². The van der Waals surface area contributed by atoms with Gasteiger partial charge in [0.15, 0.2) is 0 Å². The summed E-state index contributed by atoms with van der Waals surface area (Å²) in [5.74, 6) is 0.278. The Labute approximate surface area is 86.5 Å². The van der Waals surface area contributed by atoms with E-state index in [0.717, 1.165) is 0 Å². The van der Waals surface area contributed by atoms with Crippen LogP contribution in [-0.4, -0.2) is 4.98 Å². The van der Waals surface area contributed by atoms with E-state index in [1.165, 1.54) is 6.20 Å². The molecule has 0 spiro atoms. The quantitative estimate of drug-likeness (QED) is 0.580. The summed E-state index contributed by atoms with van der Waals surface area (Å²) in [6.07, 6.45) is 1.51. The van der Waals surface area contributed by atoms with Crippen molar-refractivity contribution in [2.75, 3.05) is 17.2 Å². The molecule has 6 N–H and O–H groups in total. The highest BCUT2D eigenvalue weighted by Crippen LogP contribution is 2.39. The Kier molecular flexibility index (Phi) is 1.83. The standard InChI is InChI=1S/C10H9N5/c11-4-5-3-6-7(12)1-2-15-10(14)8(6)9(5)13/h1-3H,12-13H2,(H2,14,15). The second kappa shape index (κ2) is 3.03.